The van der Waals surface area contributed by atoms with Crippen LogP contribution in [0.1, 0.15) is 39.5 Å². The van der Waals surface area contributed by atoms with E-state index in [4.69, 9.17) is 4.74 Å². The van der Waals surface area contributed by atoms with Gasteiger partial charge in [-0.15, -0.1) is 0 Å². The molecule has 0 aliphatic heterocycles. The predicted molar refractivity (Wildman–Crippen MR) is 56.1 cm³/mol. The highest BCUT2D eigenvalue weighted by Gasteiger charge is 2.22. The van der Waals surface area contributed by atoms with Gasteiger partial charge in [0, 0.05) is 12.6 Å². The van der Waals surface area contributed by atoms with E-state index in [1.807, 2.05) is 6.92 Å². The molecule has 0 bridgehead atoms. The molecule has 0 heterocycles. The van der Waals surface area contributed by atoms with Gasteiger partial charge in [0.15, 0.2) is 0 Å². The Kier molecular flexibility index (Phi) is 4.94. The molecule has 1 N–H and O–H groups in total. The predicted octanol–water partition coefficient (Wildman–Crippen LogP) is 1.72. The molecular weight excluding hydrogens is 178 g/mol. The maximum Gasteiger partial charge on any atom is 0.246 e. The third kappa shape index (κ3) is 3.66. The van der Waals surface area contributed by atoms with E-state index in [-0.39, 0.29) is 12.5 Å². The van der Waals surface area contributed by atoms with Gasteiger partial charge in [-0.2, -0.15) is 0 Å². The molecule has 0 aromatic heterocycles. The third-order valence-electron chi connectivity index (χ3n) is 2.93. The normalized spacial score (nSPS) is 19.6. The van der Waals surface area contributed by atoms with Gasteiger partial charge in [0.25, 0.3) is 0 Å². The summed E-state index contributed by atoms with van der Waals surface area (Å²) in [6.07, 6.45) is 5.15. The molecule has 3 heteroatoms. The lowest BCUT2D eigenvalue weighted by Gasteiger charge is -2.20. The highest BCUT2D eigenvalue weighted by molar-refractivity contribution is 5.77. The van der Waals surface area contributed by atoms with Crippen LogP contribution in [0.5, 0.6) is 0 Å². The van der Waals surface area contributed by atoms with Gasteiger partial charge in [-0.1, -0.05) is 12.8 Å². The van der Waals surface area contributed by atoms with Crippen LogP contribution in [0.25, 0.3) is 0 Å². The molecule has 1 aliphatic rings. The van der Waals surface area contributed by atoms with Crippen LogP contribution in [0.2, 0.25) is 0 Å². The molecule has 14 heavy (non-hydrogen) atoms. The Morgan fingerprint density at radius 1 is 1.50 bits per heavy atom. The van der Waals surface area contributed by atoms with Crippen LogP contribution >= 0.6 is 0 Å². The first-order valence-corrected chi connectivity index (χ1v) is 5.61. The molecule has 1 fully saturated rings. The van der Waals surface area contributed by atoms with Crippen molar-refractivity contribution in [3.63, 3.8) is 0 Å². The molecule has 0 aromatic carbocycles. The zero-order valence-corrected chi connectivity index (χ0v) is 9.21. The Labute approximate surface area is 86.2 Å². The average Bonchev–Trinajstić information content (AvgIpc) is 2.67. The summed E-state index contributed by atoms with van der Waals surface area (Å²) in [5, 5.41) is 2.99. The Morgan fingerprint density at radius 2 is 2.14 bits per heavy atom. The summed E-state index contributed by atoms with van der Waals surface area (Å²) in [6, 6.07) is 0.311. The lowest BCUT2D eigenvalue weighted by Crippen LogP contribution is -2.39. The molecule has 82 valence electrons. The fourth-order valence-corrected chi connectivity index (χ4v) is 2.07. The molecule has 0 spiro atoms. The Morgan fingerprint density at radius 3 is 2.71 bits per heavy atom. The standard InChI is InChI=1S/C11H21NO2/c1-3-14-8-11(13)12-9(2)10-6-4-5-7-10/h9-10H,3-8H2,1-2H3,(H,12,13). The first-order valence-electron chi connectivity index (χ1n) is 5.61. The van der Waals surface area contributed by atoms with Crippen LogP contribution in [0.4, 0.5) is 0 Å². The minimum atomic E-state index is 0.0197. The Bertz CT molecular complexity index is 176. The summed E-state index contributed by atoms with van der Waals surface area (Å²) in [5.41, 5.74) is 0. The van der Waals surface area contributed by atoms with E-state index in [2.05, 4.69) is 12.2 Å². The molecular formula is C11H21NO2. The molecule has 1 unspecified atom stereocenters. The number of hydrogen-bond donors (Lipinski definition) is 1. The lowest BCUT2D eigenvalue weighted by molar-refractivity contribution is -0.126. The van der Waals surface area contributed by atoms with Crippen LogP contribution in [-0.2, 0) is 9.53 Å². The number of carbonyl (C=O) groups excluding carboxylic acids is 1. The van der Waals surface area contributed by atoms with E-state index in [1.165, 1.54) is 25.7 Å². The molecule has 0 saturated heterocycles. The zero-order chi connectivity index (χ0) is 10.4. The lowest BCUT2D eigenvalue weighted by atomic mass is 10.00. The highest BCUT2D eigenvalue weighted by Crippen LogP contribution is 2.27. The first-order chi connectivity index (χ1) is 6.74. The molecule has 1 rings (SSSR count). The quantitative estimate of drug-likeness (QED) is 0.732. The van der Waals surface area contributed by atoms with Crippen molar-refractivity contribution in [2.75, 3.05) is 13.2 Å². The van der Waals surface area contributed by atoms with Crippen molar-refractivity contribution < 1.29 is 9.53 Å². The van der Waals surface area contributed by atoms with Crippen LogP contribution in [0, 0.1) is 5.92 Å². The fourth-order valence-electron chi connectivity index (χ4n) is 2.07. The van der Waals surface area contributed by atoms with E-state index < -0.39 is 0 Å². The fraction of sp³-hybridized carbons (Fsp3) is 0.909. The van der Waals surface area contributed by atoms with Crippen LogP contribution in [-0.4, -0.2) is 25.2 Å². The van der Waals surface area contributed by atoms with Crippen LogP contribution in [0.15, 0.2) is 0 Å². The van der Waals surface area contributed by atoms with Crippen molar-refractivity contribution in [1.29, 1.82) is 0 Å². The smallest absolute Gasteiger partial charge is 0.246 e. The Hall–Kier alpha value is -0.570. The van der Waals surface area contributed by atoms with Gasteiger partial charge in [-0.3, -0.25) is 4.79 Å². The van der Waals surface area contributed by atoms with Gasteiger partial charge in [0.2, 0.25) is 5.91 Å². The number of carbonyl (C=O) groups is 1. The van der Waals surface area contributed by atoms with Crippen LogP contribution in [0.3, 0.4) is 0 Å². The topological polar surface area (TPSA) is 38.3 Å². The van der Waals surface area contributed by atoms with E-state index >= 15 is 0 Å². The largest absolute Gasteiger partial charge is 0.372 e. The van der Waals surface area contributed by atoms with Crippen molar-refractivity contribution in [2.45, 2.75) is 45.6 Å². The van der Waals surface area contributed by atoms with E-state index in [1.54, 1.807) is 0 Å². The van der Waals surface area contributed by atoms with Gasteiger partial charge < -0.3 is 10.1 Å². The average molecular weight is 199 g/mol. The summed E-state index contributed by atoms with van der Waals surface area (Å²) in [4.78, 5) is 11.3. The van der Waals surface area contributed by atoms with Crippen molar-refractivity contribution in [1.82, 2.24) is 5.32 Å². The monoisotopic (exact) mass is 199 g/mol. The third-order valence-corrected chi connectivity index (χ3v) is 2.93. The summed E-state index contributed by atoms with van der Waals surface area (Å²) in [5.74, 6) is 0.701. The number of ether oxygens (including phenoxy) is 1. The second kappa shape index (κ2) is 6.02. The van der Waals surface area contributed by atoms with E-state index in [0.29, 0.717) is 18.6 Å². The van der Waals surface area contributed by atoms with Crippen molar-refractivity contribution in [3.05, 3.63) is 0 Å². The summed E-state index contributed by atoms with van der Waals surface area (Å²) in [6.45, 7) is 4.80. The van der Waals surface area contributed by atoms with Gasteiger partial charge in [0.05, 0.1) is 0 Å². The zero-order valence-electron chi connectivity index (χ0n) is 9.21. The number of hydrogen-bond acceptors (Lipinski definition) is 2. The second-order valence-corrected chi connectivity index (χ2v) is 4.04. The summed E-state index contributed by atoms with van der Waals surface area (Å²) in [7, 11) is 0. The van der Waals surface area contributed by atoms with E-state index in [0.717, 1.165) is 0 Å². The minimum absolute atomic E-state index is 0.0197. The van der Waals surface area contributed by atoms with Crippen LogP contribution < -0.4 is 5.32 Å². The van der Waals surface area contributed by atoms with Crippen molar-refractivity contribution in [3.8, 4) is 0 Å². The summed E-state index contributed by atoms with van der Waals surface area (Å²) < 4.78 is 5.05. The maximum absolute atomic E-state index is 11.3. The SMILES string of the molecule is CCOCC(=O)NC(C)C1CCCC1. The molecule has 1 atom stereocenters. The molecule has 1 aliphatic carbocycles. The van der Waals surface area contributed by atoms with Crippen molar-refractivity contribution in [2.24, 2.45) is 5.92 Å². The summed E-state index contributed by atoms with van der Waals surface area (Å²) >= 11 is 0. The maximum atomic E-state index is 11.3. The minimum Gasteiger partial charge on any atom is -0.372 e. The second-order valence-electron chi connectivity index (χ2n) is 4.04. The first kappa shape index (κ1) is 11.5. The Balaban J connectivity index is 2.18. The molecule has 0 aromatic rings. The van der Waals surface area contributed by atoms with Gasteiger partial charge in [-0.25, -0.2) is 0 Å². The number of rotatable bonds is 5. The van der Waals surface area contributed by atoms with E-state index in [9.17, 15) is 4.79 Å². The molecule has 1 saturated carbocycles. The molecule has 0 radical (unpaired) electrons. The number of amides is 1. The molecule has 3 nitrogen and oxygen atoms in total. The van der Waals surface area contributed by atoms with Gasteiger partial charge in [-0.05, 0) is 32.6 Å². The number of nitrogens with one attached hydrogen (secondary N) is 1. The van der Waals surface area contributed by atoms with Gasteiger partial charge in [0.1, 0.15) is 6.61 Å². The molecule has 1 amide bonds. The van der Waals surface area contributed by atoms with Gasteiger partial charge >= 0.3 is 0 Å². The van der Waals surface area contributed by atoms with Crippen molar-refractivity contribution >= 4 is 5.91 Å². The highest BCUT2D eigenvalue weighted by atomic mass is 16.5.